The first-order chi connectivity index (χ1) is 31.6. The third-order valence-corrected chi connectivity index (χ3v) is 10.9. The number of benzene rings is 6. The molecule has 0 aromatic heterocycles. The number of para-hydroxylation sites is 2. The largest absolute Gasteiger partial charge is 0.481 e. The third kappa shape index (κ3) is 18.1. The summed E-state index contributed by atoms with van der Waals surface area (Å²) in [5.41, 5.74) is 9.87. The topological polar surface area (TPSA) is 134 Å². The second-order valence-corrected chi connectivity index (χ2v) is 16.0. The zero-order valence-electron chi connectivity index (χ0n) is 38.6. The summed E-state index contributed by atoms with van der Waals surface area (Å²) >= 11 is 0. The van der Waals surface area contributed by atoms with E-state index in [2.05, 4.69) is 175 Å². The monoisotopic (exact) mass is 953 g/mol. The minimum Gasteiger partial charge on any atom is -0.481 e. The Morgan fingerprint density at radius 1 is 0.600 bits per heavy atom. The number of methoxy groups -OCH3 is 2. The van der Waals surface area contributed by atoms with Crippen LogP contribution < -0.4 is 9.80 Å². The fourth-order valence-corrected chi connectivity index (χ4v) is 7.23. The second kappa shape index (κ2) is 30.6. The van der Waals surface area contributed by atoms with E-state index in [4.69, 9.17) is 9.84 Å². The number of aryl methyl sites for hydroxylation is 2. The molecule has 0 aliphatic heterocycles. The van der Waals surface area contributed by atoms with Crippen LogP contribution in [0.2, 0.25) is 0 Å². The Balaban J connectivity index is 0.00000114. The first-order valence-electron chi connectivity index (χ1n) is 21.6. The highest BCUT2D eigenvalue weighted by Crippen LogP contribution is 2.40. The van der Waals surface area contributed by atoms with Crippen molar-refractivity contribution >= 4 is 64.1 Å². The van der Waals surface area contributed by atoms with Crippen LogP contribution in [0.5, 0.6) is 0 Å². The van der Waals surface area contributed by atoms with E-state index >= 15 is 0 Å². The lowest BCUT2D eigenvalue weighted by Gasteiger charge is -2.29. The Morgan fingerprint density at radius 2 is 1.00 bits per heavy atom. The molecule has 70 heavy (non-hydrogen) atoms. The van der Waals surface area contributed by atoms with Crippen LogP contribution >= 0.6 is 0 Å². The highest BCUT2D eigenvalue weighted by molar-refractivity contribution is 5.91. The van der Waals surface area contributed by atoms with Gasteiger partial charge in [0.1, 0.15) is 0 Å². The van der Waals surface area contributed by atoms with Crippen LogP contribution in [0.15, 0.2) is 176 Å². The van der Waals surface area contributed by atoms with Crippen molar-refractivity contribution < 1.29 is 38.9 Å². The second-order valence-electron chi connectivity index (χ2n) is 16.0. The molecule has 6 aromatic rings. The number of ether oxygens (including phenoxy) is 2. The van der Waals surface area contributed by atoms with Crippen molar-refractivity contribution in [2.45, 2.75) is 89.0 Å². The molecule has 0 amide bonds. The maximum Gasteiger partial charge on any atom is 0.331 e. The Hall–Kier alpha value is -7.72. The van der Waals surface area contributed by atoms with Gasteiger partial charge in [0.05, 0.1) is 32.5 Å². The highest BCUT2D eigenvalue weighted by Gasteiger charge is 2.38. The van der Waals surface area contributed by atoms with E-state index in [0.717, 1.165) is 51.7 Å². The number of rotatable bonds is 17. The van der Waals surface area contributed by atoms with Crippen molar-refractivity contribution in [3.63, 3.8) is 0 Å². The van der Waals surface area contributed by atoms with Gasteiger partial charge in [-0.15, -0.1) is 0 Å². The summed E-state index contributed by atoms with van der Waals surface area (Å²) in [5, 5.41) is 18.1. The molecule has 6 rings (SSSR count). The highest BCUT2D eigenvalue weighted by atomic mass is 16.5. The predicted octanol–water partition coefficient (Wildman–Crippen LogP) is 15.8. The zero-order valence-corrected chi connectivity index (χ0v) is 38.6. The summed E-state index contributed by atoms with van der Waals surface area (Å²) in [6.45, 7) is 14.8. The summed E-state index contributed by atoms with van der Waals surface area (Å²) in [6.07, 6.45) is 2.58. The van der Waals surface area contributed by atoms with Gasteiger partial charge >= 0.3 is 23.9 Å². The van der Waals surface area contributed by atoms with Gasteiger partial charge < -0.3 is 29.5 Å². The molecule has 0 aliphatic rings. The van der Waals surface area contributed by atoms with E-state index in [1.165, 1.54) is 25.3 Å². The summed E-state index contributed by atoms with van der Waals surface area (Å²) in [5.74, 6) is -3.25. The van der Waals surface area contributed by atoms with Crippen LogP contribution in [-0.2, 0) is 28.7 Å². The molecule has 374 valence electrons. The number of esters is 2. The Kier molecular flexibility index (Phi) is 27.2. The molecule has 0 heterocycles. The lowest BCUT2D eigenvalue weighted by atomic mass is 9.75. The summed E-state index contributed by atoms with van der Waals surface area (Å²) in [6, 6.07) is 54.3. The maximum absolute atomic E-state index is 12.0. The molecule has 10 heteroatoms. The van der Waals surface area contributed by atoms with Crippen molar-refractivity contribution in [1.29, 1.82) is 0 Å². The van der Waals surface area contributed by atoms with Gasteiger partial charge in [-0.2, -0.15) is 0 Å². The minimum atomic E-state index is -1.19. The van der Waals surface area contributed by atoms with Crippen molar-refractivity contribution in [3.8, 4) is 0 Å². The normalized spacial score (nSPS) is 11.0. The first-order valence-corrected chi connectivity index (χ1v) is 21.6. The number of hydrogen-bond acceptors (Lipinski definition) is 8. The minimum absolute atomic E-state index is 0. The molecule has 0 saturated carbocycles. The van der Waals surface area contributed by atoms with E-state index in [-0.39, 0.29) is 54.0 Å². The van der Waals surface area contributed by atoms with Gasteiger partial charge in [-0.1, -0.05) is 141 Å². The van der Waals surface area contributed by atoms with E-state index in [9.17, 15) is 24.3 Å². The number of anilines is 6. The molecule has 2 N–H and O–H groups in total. The number of carboxylic acids is 2. The zero-order chi connectivity index (χ0) is 48.2. The smallest absolute Gasteiger partial charge is 0.331 e. The van der Waals surface area contributed by atoms with Gasteiger partial charge in [0.25, 0.3) is 0 Å². The van der Waals surface area contributed by atoms with Crippen LogP contribution in [0.1, 0.15) is 97.4 Å². The molecule has 2 unspecified atom stereocenters. The predicted molar refractivity (Wildman–Crippen MR) is 292 cm³/mol. The molecule has 0 fully saturated rings. The number of aliphatic carboxylic acids is 2. The summed E-state index contributed by atoms with van der Waals surface area (Å²) in [4.78, 5) is 48.8. The van der Waals surface area contributed by atoms with Crippen LogP contribution in [0.3, 0.4) is 0 Å². The molecular formula is C60H76N2O8. The van der Waals surface area contributed by atoms with E-state index in [1.54, 1.807) is 6.92 Å². The number of nitrogens with zero attached hydrogens (tertiary/aromatic N) is 2. The van der Waals surface area contributed by atoms with Crippen molar-refractivity contribution in [2.75, 3.05) is 24.0 Å². The summed E-state index contributed by atoms with van der Waals surface area (Å²) in [7, 11) is 2.48. The Morgan fingerprint density at radius 3 is 1.36 bits per heavy atom. The number of carbonyl (C=O) groups excluding carboxylic acids is 2. The molecule has 2 atom stereocenters. The van der Waals surface area contributed by atoms with Crippen LogP contribution in [0.4, 0.5) is 34.1 Å². The SMILES string of the molecule is C.C.C.C.C=C(CC(=O)OC)C(=O)O.C=Cc1ccc(N(c2ccccc2)c2cccc(C)c2)cc1.CCC(CC(C)(CC(=O)OC)C(=O)O)c1ccc(N(c2ccccc2)c2cccc(C)c2)cc1. The van der Waals surface area contributed by atoms with Crippen molar-refractivity contribution in [1.82, 2.24) is 0 Å². The van der Waals surface area contributed by atoms with Crippen LogP contribution in [-0.4, -0.2) is 48.3 Å². The summed E-state index contributed by atoms with van der Waals surface area (Å²) < 4.78 is 8.95. The lowest BCUT2D eigenvalue weighted by Crippen LogP contribution is -2.32. The number of carboxylic acid groups (broad SMARTS) is 2. The molecule has 0 bridgehead atoms. The molecule has 6 aromatic carbocycles. The van der Waals surface area contributed by atoms with Gasteiger partial charge in [-0.05, 0) is 135 Å². The Labute approximate surface area is 418 Å². The molecular weight excluding hydrogens is 877 g/mol. The fraction of sp³-hybridized carbons (Fsp3) is 0.267. The van der Waals surface area contributed by atoms with Gasteiger partial charge in [0.2, 0.25) is 0 Å². The van der Waals surface area contributed by atoms with Gasteiger partial charge in [0.15, 0.2) is 0 Å². The quantitative estimate of drug-likeness (QED) is 0.0672. The number of hydrogen-bond donors (Lipinski definition) is 2. The molecule has 0 saturated heterocycles. The van der Waals surface area contributed by atoms with Crippen LogP contribution in [0.25, 0.3) is 6.08 Å². The van der Waals surface area contributed by atoms with Crippen molar-refractivity contribution in [3.05, 3.63) is 199 Å². The maximum atomic E-state index is 12.0. The van der Waals surface area contributed by atoms with Gasteiger partial charge in [-0.25, -0.2) is 4.79 Å². The molecule has 10 nitrogen and oxygen atoms in total. The van der Waals surface area contributed by atoms with Gasteiger partial charge in [0, 0.05) is 39.7 Å². The first kappa shape index (κ1) is 62.3. The number of carbonyl (C=O) groups is 4. The van der Waals surface area contributed by atoms with E-state index in [0.29, 0.717) is 6.42 Å². The van der Waals surface area contributed by atoms with E-state index in [1.807, 2.05) is 37.3 Å². The average molecular weight is 953 g/mol. The van der Waals surface area contributed by atoms with Gasteiger partial charge in [-0.3, -0.25) is 14.4 Å². The van der Waals surface area contributed by atoms with Crippen molar-refractivity contribution in [2.24, 2.45) is 5.41 Å². The average Bonchev–Trinajstić information content (AvgIpc) is 3.32. The molecule has 0 spiro atoms. The van der Waals surface area contributed by atoms with E-state index < -0.39 is 29.3 Å². The molecule has 0 radical (unpaired) electrons. The third-order valence-electron chi connectivity index (χ3n) is 10.9. The molecule has 0 aliphatic carbocycles. The fourth-order valence-electron chi connectivity index (χ4n) is 7.23. The van der Waals surface area contributed by atoms with Crippen LogP contribution in [0, 0.1) is 19.3 Å². The standard InChI is InChI=1S/C29H33NO4.C21H19N.C6H8O4.4CH4/c1-5-22(19-29(3,28(32)33)20-27(31)34-4)23-14-16-25(17-15-23)30(24-11-7-6-8-12-24)26-13-9-10-21(2)18-26;1-3-18-12-14-20(15-13-18)22(19-9-5-4-6-10-19)21-11-7-8-17(2)16-21;1-4(6(8)9)3-5(7)10-2;;;;/h6-18,22H,5,19-20H2,1-4H3,(H,32,33);3-16H,1H2,2H3;1,3H2,2H3,(H,8,9);4*1H4. The lowest BCUT2D eigenvalue weighted by molar-refractivity contribution is -0.156. The Bertz CT molecular complexity index is 2540.